The molecule has 6 heteroatoms. The van der Waals surface area contributed by atoms with Crippen LogP contribution in [0.5, 0.6) is 23.0 Å². The Balaban J connectivity index is 1.65. The van der Waals surface area contributed by atoms with Crippen LogP contribution in [0.4, 0.5) is 0 Å². The lowest BCUT2D eigenvalue weighted by atomic mass is 10.1. The van der Waals surface area contributed by atoms with Gasteiger partial charge in [0.2, 0.25) is 0 Å². The van der Waals surface area contributed by atoms with Gasteiger partial charge in [-0.3, -0.25) is 4.79 Å². The van der Waals surface area contributed by atoms with Gasteiger partial charge in [0.1, 0.15) is 35.7 Å². The van der Waals surface area contributed by atoms with Crippen molar-refractivity contribution in [3.8, 4) is 23.0 Å². The SMILES string of the molecule is CCCCCCCCCCCC(=O)Oc1ccc(C(O)C=Cc2ccc(OC)cc2OCC)c(OCc2ccccc2)c1. The van der Waals surface area contributed by atoms with E-state index in [4.69, 9.17) is 18.9 Å². The number of benzene rings is 3. The fourth-order valence-electron chi connectivity index (χ4n) is 4.80. The number of methoxy groups -OCH3 is 1. The van der Waals surface area contributed by atoms with Crippen LogP contribution in [0.1, 0.15) is 101 Å². The average Bonchev–Trinajstić information content (AvgIpc) is 3.03. The zero-order valence-electron chi connectivity index (χ0n) is 26.1. The van der Waals surface area contributed by atoms with Gasteiger partial charge in [0, 0.05) is 29.7 Å². The molecule has 232 valence electrons. The smallest absolute Gasteiger partial charge is 0.311 e. The summed E-state index contributed by atoms with van der Waals surface area (Å²) in [5.74, 6) is 1.96. The molecule has 0 saturated carbocycles. The summed E-state index contributed by atoms with van der Waals surface area (Å²) in [6.07, 6.45) is 13.6. The van der Waals surface area contributed by atoms with E-state index >= 15 is 0 Å². The molecule has 0 aliphatic carbocycles. The van der Waals surface area contributed by atoms with Crippen LogP contribution in [0.2, 0.25) is 0 Å². The zero-order valence-corrected chi connectivity index (χ0v) is 26.1. The third-order valence-corrected chi connectivity index (χ3v) is 7.24. The first-order chi connectivity index (χ1) is 21.0. The van der Waals surface area contributed by atoms with Crippen molar-refractivity contribution in [3.63, 3.8) is 0 Å². The van der Waals surface area contributed by atoms with Gasteiger partial charge < -0.3 is 24.1 Å². The van der Waals surface area contributed by atoms with Gasteiger partial charge in [-0.25, -0.2) is 0 Å². The Morgan fingerprint density at radius 1 is 0.791 bits per heavy atom. The number of aliphatic hydroxyl groups is 1. The van der Waals surface area contributed by atoms with Gasteiger partial charge in [0.25, 0.3) is 0 Å². The van der Waals surface area contributed by atoms with Crippen LogP contribution in [-0.4, -0.2) is 24.8 Å². The molecule has 1 unspecified atom stereocenters. The van der Waals surface area contributed by atoms with E-state index in [1.54, 1.807) is 31.4 Å². The van der Waals surface area contributed by atoms with Crippen LogP contribution in [0.15, 0.2) is 72.8 Å². The molecule has 3 rings (SSSR count). The molecule has 3 aromatic rings. The van der Waals surface area contributed by atoms with Crippen LogP contribution in [-0.2, 0) is 11.4 Å². The van der Waals surface area contributed by atoms with Crippen LogP contribution >= 0.6 is 0 Å². The van der Waals surface area contributed by atoms with E-state index in [1.807, 2.05) is 61.5 Å². The Morgan fingerprint density at radius 3 is 2.16 bits per heavy atom. The summed E-state index contributed by atoms with van der Waals surface area (Å²) in [4.78, 5) is 12.6. The molecular formula is C37H48O6. The third kappa shape index (κ3) is 12.2. The van der Waals surface area contributed by atoms with Gasteiger partial charge in [0.05, 0.1) is 13.7 Å². The number of hydrogen-bond donors (Lipinski definition) is 1. The fourth-order valence-corrected chi connectivity index (χ4v) is 4.80. The number of carbonyl (C=O) groups is 1. The highest BCUT2D eigenvalue weighted by Crippen LogP contribution is 2.33. The fraction of sp³-hybridized carbons (Fsp3) is 0.432. The Bertz CT molecular complexity index is 1250. The molecule has 0 amide bonds. The maximum absolute atomic E-state index is 12.6. The maximum atomic E-state index is 12.6. The van der Waals surface area contributed by atoms with E-state index in [0.29, 0.717) is 48.2 Å². The first-order valence-electron chi connectivity index (χ1n) is 15.7. The Kier molecular flexibility index (Phi) is 15.2. The first-order valence-corrected chi connectivity index (χ1v) is 15.7. The number of aliphatic hydroxyl groups excluding tert-OH is 1. The highest BCUT2D eigenvalue weighted by Gasteiger charge is 2.15. The van der Waals surface area contributed by atoms with Crippen molar-refractivity contribution in [2.24, 2.45) is 0 Å². The standard InChI is InChI=1S/C37H48O6/c1-4-6-7-8-9-10-11-12-16-19-37(39)43-32-23-24-33(36(27-32)42-28-29-17-14-13-15-18-29)34(38)25-21-30-20-22-31(40-3)26-35(30)41-5-2/h13-15,17-18,20-27,34,38H,4-12,16,19,28H2,1-3H3. The lowest BCUT2D eigenvalue weighted by molar-refractivity contribution is -0.134. The van der Waals surface area contributed by atoms with Crippen molar-refractivity contribution in [3.05, 3.63) is 89.5 Å². The minimum absolute atomic E-state index is 0.256. The van der Waals surface area contributed by atoms with Crippen molar-refractivity contribution in [1.29, 1.82) is 0 Å². The Hall–Kier alpha value is -3.77. The van der Waals surface area contributed by atoms with Crippen LogP contribution in [0, 0.1) is 0 Å². The van der Waals surface area contributed by atoms with Gasteiger partial charge in [-0.2, -0.15) is 0 Å². The molecular weight excluding hydrogens is 540 g/mol. The highest BCUT2D eigenvalue weighted by atomic mass is 16.5. The van der Waals surface area contributed by atoms with Crippen molar-refractivity contribution < 1.29 is 28.8 Å². The minimum atomic E-state index is -0.964. The second-order valence-electron chi connectivity index (χ2n) is 10.7. The molecule has 0 fully saturated rings. The molecule has 0 radical (unpaired) electrons. The second-order valence-corrected chi connectivity index (χ2v) is 10.7. The molecule has 0 saturated heterocycles. The molecule has 1 N–H and O–H groups in total. The number of hydrogen-bond acceptors (Lipinski definition) is 6. The highest BCUT2D eigenvalue weighted by molar-refractivity contribution is 5.72. The van der Waals surface area contributed by atoms with Crippen molar-refractivity contribution in [2.45, 2.75) is 90.8 Å². The van der Waals surface area contributed by atoms with Crippen molar-refractivity contribution >= 4 is 12.0 Å². The Morgan fingerprint density at radius 2 is 1.47 bits per heavy atom. The molecule has 3 aromatic carbocycles. The summed E-state index contributed by atoms with van der Waals surface area (Å²) in [6.45, 7) is 4.97. The van der Waals surface area contributed by atoms with E-state index in [0.717, 1.165) is 30.4 Å². The lowest BCUT2D eigenvalue weighted by Crippen LogP contribution is -2.08. The van der Waals surface area contributed by atoms with Crippen molar-refractivity contribution in [1.82, 2.24) is 0 Å². The molecule has 43 heavy (non-hydrogen) atoms. The molecule has 0 bridgehead atoms. The van der Waals surface area contributed by atoms with Crippen LogP contribution < -0.4 is 18.9 Å². The predicted molar refractivity (Wildman–Crippen MR) is 173 cm³/mol. The summed E-state index contributed by atoms with van der Waals surface area (Å²) in [5.41, 5.74) is 2.37. The third-order valence-electron chi connectivity index (χ3n) is 7.24. The summed E-state index contributed by atoms with van der Waals surface area (Å²) < 4.78 is 22.9. The summed E-state index contributed by atoms with van der Waals surface area (Å²) >= 11 is 0. The summed E-state index contributed by atoms with van der Waals surface area (Å²) in [7, 11) is 1.61. The van der Waals surface area contributed by atoms with Gasteiger partial charge in [-0.05, 0) is 43.2 Å². The van der Waals surface area contributed by atoms with Gasteiger partial charge in [-0.1, -0.05) is 101 Å². The normalized spacial score (nSPS) is 11.8. The van der Waals surface area contributed by atoms with E-state index in [2.05, 4.69) is 6.92 Å². The van der Waals surface area contributed by atoms with Gasteiger partial charge >= 0.3 is 5.97 Å². The van der Waals surface area contributed by atoms with Crippen LogP contribution in [0.25, 0.3) is 6.08 Å². The lowest BCUT2D eigenvalue weighted by Gasteiger charge is -2.16. The molecule has 0 aromatic heterocycles. The molecule has 0 aliphatic heterocycles. The topological polar surface area (TPSA) is 74.2 Å². The first kappa shape index (κ1) is 33.7. The van der Waals surface area contributed by atoms with Gasteiger partial charge in [-0.15, -0.1) is 0 Å². The monoisotopic (exact) mass is 588 g/mol. The summed E-state index contributed by atoms with van der Waals surface area (Å²) in [6, 6.07) is 20.5. The minimum Gasteiger partial charge on any atom is -0.497 e. The number of rotatable bonds is 20. The molecule has 1 atom stereocenters. The van der Waals surface area contributed by atoms with Crippen LogP contribution in [0.3, 0.4) is 0 Å². The number of unbranched alkanes of at least 4 members (excludes halogenated alkanes) is 8. The molecule has 6 nitrogen and oxygen atoms in total. The zero-order chi connectivity index (χ0) is 30.7. The average molecular weight is 589 g/mol. The number of esters is 1. The molecule has 0 aliphatic rings. The van der Waals surface area contributed by atoms with E-state index in [1.165, 1.54) is 38.5 Å². The van der Waals surface area contributed by atoms with Gasteiger partial charge in [0.15, 0.2) is 0 Å². The molecule has 0 spiro atoms. The predicted octanol–water partition coefficient (Wildman–Crippen LogP) is 9.25. The largest absolute Gasteiger partial charge is 0.497 e. The summed E-state index contributed by atoms with van der Waals surface area (Å²) in [5, 5.41) is 11.2. The Labute approximate surface area is 257 Å². The van der Waals surface area contributed by atoms with E-state index in [9.17, 15) is 9.90 Å². The van der Waals surface area contributed by atoms with E-state index < -0.39 is 6.10 Å². The number of ether oxygens (including phenoxy) is 4. The van der Waals surface area contributed by atoms with E-state index in [-0.39, 0.29) is 5.97 Å². The van der Waals surface area contributed by atoms with Crippen molar-refractivity contribution in [2.75, 3.05) is 13.7 Å². The quantitative estimate of drug-likeness (QED) is 0.0806. The molecule has 0 heterocycles. The second kappa shape index (κ2) is 19.4. The number of carbonyl (C=O) groups excluding carboxylic acids is 1. The maximum Gasteiger partial charge on any atom is 0.311 e.